The third-order valence-electron chi connectivity index (χ3n) is 6.86. The van der Waals surface area contributed by atoms with Gasteiger partial charge >= 0.3 is 12.1 Å². The number of alkyl carbamates (subject to hydrolysis) is 1. The Morgan fingerprint density at radius 1 is 0.407 bits per heavy atom. The Labute approximate surface area is 325 Å². The van der Waals surface area contributed by atoms with E-state index < -0.39 is 11.7 Å². The second-order valence-electron chi connectivity index (χ2n) is 12.9. The van der Waals surface area contributed by atoms with Gasteiger partial charge in [0.25, 0.3) is 0 Å². The van der Waals surface area contributed by atoms with Crippen LogP contribution in [0.25, 0.3) is 0 Å². The second-order valence-corrected chi connectivity index (χ2v) is 12.9. The first kappa shape index (κ1) is 52.3. The molecule has 0 aliphatic rings. The lowest BCUT2D eigenvalue weighted by Gasteiger charge is -2.19. The molecule has 322 valence electrons. The van der Waals surface area contributed by atoms with Crippen LogP contribution in [0.15, 0.2) is 0 Å². The number of hydrogen-bond donors (Lipinski definition) is 1. The molecule has 0 spiro atoms. The highest BCUT2D eigenvalue weighted by Crippen LogP contribution is 2.07. The second kappa shape index (κ2) is 42.4. The van der Waals surface area contributed by atoms with Gasteiger partial charge in [0.05, 0.1) is 145 Å². The number of rotatable bonds is 43. The van der Waals surface area contributed by atoms with Crippen molar-refractivity contribution in [3.05, 3.63) is 0 Å². The fraction of sp³-hybridized carbons (Fsp3) is 0.947. The molecule has 0 aliphatic heterocycles. The first-order chi connectivity index (χ1) is 26.3. The molecule has 54 heavy (non-hydrogen) atoms. The lowest BCUT2D eigenvalue weighted by atomic mass is 10.1. The minimum atomic E-state index is -0.515. The maximum Gasteiger partial charge on any atom is 0.407 e. The Balaban J connectivity index is 3.13. The average molecular weight is 786 g/mol. The first-order valence-electron chi connectivity index (χ1n) is 19.8. The van der Waals surface area contributed by atoms with E-state index in [2.05, 4.69) is 12.2 Å². The van der Waals surface area contributed by atoms with Gasteiger partial charge in [0, 0.05) is 13.0 Å². The minimum absolute atomic E-state index is 0.148. The summed E-state index contributed by atoms with van der Waals surface area (Å²) in [4.78, 5) is 23.2. The predicted octanol–water partition coefficient (Wildman–Crippen LogP) is 3.99. The maximum absolute atomic E-state index is 11.7. The number of nitrogens with one attached hydrogen (secondary N) is 1. The zero-order valence-corrected chi connectivity index (χ0v) is 34.0. The van der Waals surface area contributed by atoms with Gasteiger partial charge < -0.3 is 66.9 Å². The van der Waals surface area contributed by atoms with E-state index in [9.17, 15) is 9.59 Å². The van der Waals surface area contributed by atoms with Crippen molar-refractivity contribution in [2.75, 3.05) is 159 Å². The van der Waals surface area contributed by atoms with Crippen LogP contribution in [0.1, 0.15) is 72.6 Å². The molecule has 0 heterocycles. The molecule has 1 N–H and O–H groups in total. The molecular weight excluding hydrogens is 710 g/mol. The van der Waals surface area contributed by atoms with E-state index in [1.165, 1.54) is 25.7 Å². The summed E-state index contributed by atoms with van der Waals surface area (Å²) in [6, 6.07) is 0. The monoisotopic (exact) mass is 786 g/mol. The van der Waals surface area contributed by atoms with E-state index in [-0.39, 0.29) is 12.6 Å². The molecule has 1 amide bonds. The van der Waals surface area contributed by atoms with Crippen LogP contribution in [-0.2, 0) is 66.4 Å². The van der Waals surface area contributed by atoms with Crippen LogP contribution in [0.5, 0.6) is 0 Å². The summed E-state index contributed by atoms with van der Waals surface area (Å²) in [6.45, 7) is 18.6. The van der Waals surface area contributed by atoms with Gasteiger partial charge in [-0.1, -0.05) is 39.0 Å². The van der Waals surface area contributed by atoms with Crippen LogP contribution < -0.4 is 5.32 Å². The smallest absolute Gasteiger partial charge is 0.407 e. The van der Waals surface area contributed by atoms with E-state index in [1.54, 1.807) is 0 Å². The highest BCUT2D eigenvalue weighted by Gasteiger charge is 2.15. The Hall–Kier alpha value is -1.70. The molecule has 16 nitrogen and oxygen atoms in total. The number of amides is 1. The number of unbranched alkanes of at least 4 members (excludes halogenated alkanes) is 5. The van der Waals surface area contributed by atoms with Crippen LogP contribution in [0.4, 0.5) is 4.79 Å². The Kier molecular flexibility index (Phi) is 41.1. The minimum Gasteiger partial charge on any atom is -0.463 e. The number of esters is 1. The summed E-state index contributed by atoms with van der Waals surface area (Å²) in [5.74, 6) is -0.148. The van der Waals surface area contributed by atoms with Gasteiger partial charge in [-0.15, -0.1) is 0 Å². The summed E-state index contributed by atoms with van der Waals surface area (Å²) in [5.41, 5.74) is -0.515. The van der Waals surface area contributed by atoms with Crippen LogP contribution in [0.2, 0.25) is 0 Å². The van der Waals surface area contributed by atoms with Gasteiger partial charge in [-0.25, -0.2) is 4.79 Å². The summed E-state index contributed by atoms with van der Waals surface area (Å²) in [6.07, 6.45) is 6.94. The highest BCUT2D eigenvalue weighted by atomic mass is 16.6. The van der Waals surface area contributed by atoms with Crippen molar-refractivity contribution in [3.8, 4) is 0 Å². The first-order valence-corrected chi connectivity index (χ1v) is 19.8. The van der Waals surface area contributed by atoms with E-state index in [1.807, 2.05) is 20.8 Å². The van der Waals surface area contributed by atoms with Crippen LogP contribution in [-0.4, -0.2) is 176 Å². The third-order valence-corrected chi connectivity index (χ3v) is 6.86. The molecule has 0 atom stereocenters. The summed E-state index contributed by atoms with van der Waals surface area (Å²) in [5, 5.41) is 2.63. The average Bonchev–Trinajstić information content (AvgIpc) is 3.13. The molecule has 0 aliphatic carbocycles. The zero-order chi connectivity index (χ0) is 39.5. The molecule has 0 saturated heterocycles. The Morgan fingerprint density at radius 2 is 0.704 bits per heavy atom. The third kappa shape index (κ3) is 46.5. The fourth-order valence-corrected chi connectivity index (χ4v) is 4.18. The summed E-state index contributed by atoms with van der Waals surface area (Å²) in [7, 11) is 0. The maximum atomic E-state index is 11.7. The van der Waals surface area contributed by atoms with Crippen molar-refractivity contribution < 1.29 is 71.2 Å². The van der Waals surface area contributed by atoms with E-state index in [0.717, 1.165) is 12.8 Å². The van der Waals surface area contributed by atoms with Crippen molar-refractivity contribution in [2.24, 2.45) is 0 Å². The lowest BCUT2D eigenvalue weighted by molar-refractivity contribution is -0.145. The lowest BCUT2D eigenvalue weighted by Crippen LogP contribution is -2.34. The van der Waals surface area contributed by atoms with E-state index >= 15 is 0 Å². The van der Waals surface area contributed by atoms with Crippen molar-refractivity contribution in [1.29, 1.82) is 0 Å². The normalized spacial score (nSPS) is 11.6. The van der Waals surface area contributed by atoms with Gasteiger partial charge in [-0.05, 0) is 27.2 Å². The van der Waals surface area contributed by atoms with Crippen LogP contribution >= 0.6 is 0 Å². The quantitative estimate of drug-likeness (QED) is 0.0696. The molecular formula is C38H75NO15. The van der Waals surface area contributed by atoms with Gasteiger partial charge in [0.15, 0.2) is 0 Å². The van der Waals surface area contributed by atoms with Crippen LogP contribution in [0.3, 0.4) is 0 Å². The van der Waals surface area contributed by atoms with Crippen molar-refractivity contribution in [1.82, 2.24) is 5.32 Å². The molecule has 0 unspecified atom stereocenters. The van der Waals surface area contributed by atoms with E-state index in [4.69, 9.17) is 61.6 Å². The van der Waals surface area contributed by atoms with Gasteiger partial charge in [0.1, 0.15) is 12.2 Å². The molecule has 0 fully saturated rings. The number of hydrogen-bond acceptors (Lipinski definition) is 15. The van der Waals surface area contributed by atoms with Gasteiger partial charge in [-0.2, -0.15) is 0 Å². The zero-order valence-electron chi connectivity index (χ0n) is 34.0. The fourth-order valence-electron chi connectivity index (χ4n) is 4.18. The highest BCUT2D eigenvalue weighted by molar-refractivity contribution is 5.69. The summed E-state index contributed by atoms with van der Waals surface area (Å²) < 4.78 is 70.4. The van der Waals surface area contributed by atoms with Crippen LogP contribution in [0, 0.1) is 0 Å². The Bertz CT molecular complexity index is 788. The SMILES string of the molecule is CCCCCCCCC(=O)OCCOCCOCCOCCOCCOCCOCCOCCOCCOCCOCCOCCNC(=O)OC(C)(C)C. The number of carbonyl (C=O) groups is 2. The van der Waals surface area contributed by atoms with Crippen molar-refractivity contribution in [3.63, 3.8) is 0 Å². The molecule has 0 aromatic rings. The Morgan fingerprint density at radius 3 is 1.04 bits per heavy atom. The molecule has 0 saturated carbocycles. The predicted molar refractivity (Wildman–Crippen MR) is 202 cm³/mol. The molecule has 0 aromatic heterocycles. The number of ether oxygens (including phenoxy) is 13. The molecule has 16 heteroatoms. The standard InChI is InChI=1S/C38H75NO15/c1-5-6-7-8-9-10-11-36(40)53-35-34-52-33-32-51-31-30-50-29-28-49-27-26-48-25-24-47-23-22-46-21-20-45-19-18-44-17-16-43-15-14-42-13-12-39-37(41)54-38(2,3)4/h5-35H2,1-4H3,(H,39,41). The van der Waals surface area contributed by atoms with Gasteiger partial charge in [0.2, 0.25) is 0 Å². The molecule has 0 bridgehead atoms. The van der Waals surface area contributed by atoms with Gasteiger partial charge in [-0.3, -0.25) is 4.79 Å². The molecule has 0 aromatic carbocycles. The van der Waals surface area contributed by atoms with Crippen molar-refractivity contribution in [2.45, 2.75) is 78.2 Å². The summed E-state index contributed by atoms with van der Waals surface area (Å²) >= 11 is 0. The largest absolute Gasteiger partial charge is 0.463 e. The number of carbonyl (C=O) groups excluding carboxylic acids is 2. The van der Waals surface area contributed by atoms with Crippen molar-refractivity contribution >= 4 is 12.1 Å². The topological polar surface area (TPSA) is 166 Å². The molecule has 0 radical (unpaired) electrons. The van der Waals surface area contributed by atoms with E-state index in [0.29, 0.717) is 158 Å². The molecule has 0 rings (SSSR count).